The van der Waals surface area contributed by atoms with Crippen LogP contribution in [0, 0.1) is 35.5 Å². The first kappa shape index (κ1) is 47.8. The average molecular weight is 905 g/mol. The molecule has 0 aromatic heterocycles. The van der Waals surface area contributed by atoms with Crippen LogP contribution in [0.5, 0.6) is 0 Å². The maximum absolute atomic E-state index is 10.7. The molecule has 0 unspecified atom stereocenters. The van der Waals surface area contributed by atoms with Crippen molar-refractivity contribution < 1.29 is 44.7 Å². The monoisotopic (exact) mass is 904 g/mol. The van der Waals surface area contributed by atoms with Gasteiger partial charge < -0.3 is 0 Å². The topological polar surface area (TPSA) is 0 Å². The molecule has 0 N–H and O–H groups in total. The van der Waals surface area contributed by atoms with Crippen molar-refractivity contribution in [3.63, 3.8) is 0 Å². The van der Waals surface area contributed by atoms with Crippen molar-refractivity contribution in [3.8, 4) is 0 Å². The molecule has 3 aliphatic carbocycles. The predicted octanol–water partition coefficient (Wildman–Crippen LogP) is 17.4. The molecule has 10 heteroatoms. The molecule has 1 radical (unpaired) electrons. The third-order valence-electron chi connectivity index (χ3n) is 11.8. The molecule has 2 heterocycles. The van der Waals surface area contributed by atoms with Crippen LogP contribution >= 0.6 is 23.7 Å². The smallest absolute Gasteiger partial charge is 0 e. The summed E-state index contributed by atoms with van der Waals surface area (Å²) >= 11 is 0. The summed E-state index contributed by atoms with van der Waals surface area (Å²) < 4.78 is 59.2. The molecular weight excluding hydrogens is 838 g/mol. The summed E-state index contributed by atoms with van der Waals surface area (Å²) in [5.74, 6) is 5.74. The molecule has 54 heavy (non-hydrogen) atoms. The van der Waals surface area contributed by atoms with E-state index in [0.717, 1.165) is 58.1 Å². The van der Waals surface area contributed by atoms with E-state index in [-0.39, 0.29) is 19.5 Å². The van der Waals surface area contributed by atoms with Crippen LogP contribution in [0.4, 0.5) is 25.2 Å². The van der Waals surface area contributed by atoms with E-state index in [1.54, 1.807) is 11.1 Å². The Labute approximate surface area is 339 Å². The van der Waals surface area contributed by atoms with Gasteiger partial charge in [-0.05, 0) is 122 Å². The van der Waals surface area contributed by atoms with E-state index in [2.05, 4.69) is 127 Å². The Morgan fingerprint density at radius 1 is 0.519 bits per heavy atom. The minimum atomic E-state index is -10.7. The number of halogens is 6. The first-order valence-electron chi connectivity index (χ1n) is 20.3. The summed E-state index contributed by atoms with van der Waals surface area (Å²) in [6.45, 7) is 14.7. The zero-order chi connectivity index (χ0) is 38.9. The van der Waals surface area contributed by atoms with Crippen LogP contribution in [0.2, 0.25) is 0 Å². The first-order valence-corrected chi connectivity index (χ1v) is 25.6. The van der Waals surface area contributed by atoms with Gasteiger partial charge >= 0.3 is 33.0 Å². The van der Waals surface area contributed by atoms with E-state index >= 15 is 0 Å². The summed E-state index contributed by atoms with van der Waals surface area (Å²) in [6, 6.07) is 22.5. The molecular formula is C44H66F6P3Rh-. The fraction of sp³-hybridized carbons (Fsp3) is 0.636. The van der Waals surface area contributed by atoms with Gasteiger partial charge in [0.15, 0.2) is 0 Å². The Balaban J connectivity index is 0.000000210. The first-order chi connectivity index (χ1) is 24.8. The van der Waals surface area contributed by atoms with Crippen molar-refractivity contribution in [1.82, 2.24) is 0 Å². The van der Waals surface area contributed by atoms with E-state index < -0.39 is 7.81 Å². The maximum atomic E-state index is 9.87. The van der Waals surface area contributed by atoms with E-state index in [9.17, 15) is 25.2 Å². The Hall–Kier alpha value is -0.587. The Morgan fingerprint density at radius 2 is 0.815 bits per heavy atom. The molecule has 2 aliphatic heterocycles. The molecule has 0 spiro atoms. The van der Waals surface area contributed by atoms with Gasteiger partial charge in [0.1, 0.15) is 0 Å². The van der Waals surface area contributed by atoms with Gasteiger partial charge in [-0.2, -0.15) is 0 Å². The standard InChI is InChI=1S/2C18H27P.C8H12.F6P.Rh/c2*1-13(2)16-10-9-14(3)11-17(16)19-12-18(19)15-7-5-4-6-8-15;1-2-4-6-8-7-5-3-1;1-7(2,3,4,5)6;/h2*4-8,13-14,16-18H,9-12H2,1-3H3;1-2,7-8H,3-6H2;;/q;;;-1;/b;;2-1-,8-7-;;/t2*14-,16+,17-,18-,19-;;;/m11.../s1. The van der Waals surface area contributed by atoms with E-state index in [0.29, 0.717) is 15.8 Å². The normalized spacial score (nSPS) is 34.2. The van der Waals surface area contributed by atoms with Gasteiger partial charge in [-0.25, -0.2) is 0 Å². The van der Waals surface area contributed by atoms with Crippen LogP contribution in [0.1, 0.15) is 128 Å². The van der Waals surface area contributed by atoms with Gasteiger partial charge in [0, 0.05) is 30.8 Å². The van der Waals surface area contributed by atoms with Crippen molar-refractivity contribution in [1.29, 1.82) is 0 Å². The third-order valence-corrected chi connectivity index (χ3v) is 17.9. The second-order valence-corrected chi connectivity index (χ2v) is 24.4. The Kier molecular flexibility index (Phi) is 18.1. The summed E-state index contributed by atoms with van der Waals surface area (Å²) in [4.78, 5) is 0. The van der Waals surface area contributed by atoms with Crippen LogP contribution < -0.4 is 0 Å². The fourth-order valence-electron chi connectivity index (χ4n) is 8.91. The van der Waals surface area contributed by atoms with Gasteiger partial charge in [-0.3, -0.25) is 0 Å². The summed E-state index contributed by atoms with van der Waals surface area (Å²) in [5.41, 5.74) is 7.23. The fourth-order valence-corrected chi connectivity index (χ4v) is 16.3. The van der Waals surface area contributed by atoms with Crippen molar-refractivity contribution in [2.24, 2.45) is 35.5 Å². The van der Waals surface area contributed by atoms with Gasteiger partial charge in [-0.1, -0.05) is 155 Å². The van der Waals surface area contributed by atoms with Crippen molar-refractivity contribution in [3.05, 3.63) is 96.1 Å². The Morgan fingerprint density at radius 3 is 1.09 bits per heavy atom. The molecule has 0 amide bonds. The minimum absolute atomic E-state index is 0. The van der Waals surface area contributed by atoms with Crippen LogP contribution in [0.3, 0.4) is 0 Å². The second kappa shape index (κ2) is 20.4. The molecule has 10 atom stereocenters. The van der Waals surface area contributed by atoms with E-state index in [4.69, 9.17) is 0 Å². The number of allylic oxidation sites excluding steroid dienone is 4. The summed E-state index contributed by atoms with van der Waals surface area (Å²) in [7, 11) is -10.1. The molecule has 309 valence electrons. The Bertz CT molecular complexity index is 1320. The predicted molar refractivity (Wildman–Crippen MR) is 223 cm³/mol. The number of hydrogen-bond acceptors (Lipinski definition) is 0. The van der Waals surface area contributed by atoms with Crippen molar-refractivity contribution in [2.75, 3.05) is 12.3 Å². The second-order valence-electron chi connectivity index (χ2n) is 17.1. The van der Waals surface area contributed by atoms with Crippen LogP contribution in [-0.4, -0.2) is 23.6 Å². The third kappa shape index (κ3) is 17.9. The largest absolute Gasteiger partial charge is 0 e. The van der Waals surface area contributed by atoms with Crippen LogP contribution in [0.25, 0.3) is 0 Å². The number of rotatable bonds is 6. The zero-order valence-corrected chi connectivity index (χ0v) is 37.6. The summed E-state index contributed by atoms with van der Waals surface area (Å²) in [5, 5.41) is 0. The average Bonchev–Trinajstić information content (AvgIpc) is 3.99. The molecule has 2 saturated carbocycles. The van der Waals surface area contributed by atoms with Crippen LogP contribution in [-0.2, 0) is 19.5 Å². The van der Waals surface area contributed by atoms with E-state index in [1.807, 2.05) is 0 Å². The van der Waals surface area contributed by atoms with Crippen LogP contribution in [0.15, 0.2) is 85.0 Å². The minimum Gasteiger partial charge on any atom is 0 e. The molecule has 2 aromatic rings. The van der Waals surface area contributed by atoms with E-state index in [1.165, 1.54) is 76.5 Å². The van der Waals surface area contributed by atoms with Crippen molar-refractivity contribution >= 4 is 23.7 Å². The molecule has 2 aromatic carbocycles. The van der Waals surface area contributed by atoms with Gasteiger partial charge in [0.25, 0.3) is 0 Å². The van der Waals surface area contributed by atoms with Crippen molar-refractivity contribution in [2.45, 2.75) is 128 Å². The maximum Gasteiger partial charge on any atom is 0 e. The zero-order valence-electron chi connectivity index (χ0n) is 33.3. The SMILES string of the molecule is C1=C\CC/C=C\CC/1.CC(C)[C@@H]1CC[C@@H](C)C[C@H]1[P@@]1C[C@@H]1c1ccccc1.CC(C)[C@@H]1CC[C@@H](C)C[C@H]1[P@@]1C[C@@H]1c1ccccc1.F[P-](F)(F)(F)(F)F.[Rh]. The molecule has 2 saturated heterocycles. The number of hydrogen-bond donors (Lipinski definition) is 0. The summed E-state index contributed by atoms with van der Waals surface area (Å²) in [6.07, 6.45) is 26.0. The van der Waals surface area contributed by atoms with Gasteiger partial charge in [0.05, 0.1) is 0 Å². The molecule has 0 bridgehead atoms. The van der Waals surface area contributed by atoms with Gasteiger partial charge in [0.2, 0.25) is 0 Å². The molecule has 7 rings (SSSR count). The molecule has 4 fully saturated rings. The molecule has 0 nitrogen and oxygen atoms in total. The van der Waals surface area contributed by atoms with Gasteiger partial charge in [-0.15, -0.1) is 0 Å². The number of benzene rings is 2. The quantitative estimate of drug-likeness (QED) is 0.117. The molecule has 5 aliphatic rings.